The van der Waals surface area contributed by atoms with Crippen LogP contribution in [0, 0.1) is 23.3 Å². The van der Waals surface area contributed by atoms with Crippen LogP contribution >= 0.6 is 97.7 Å². The predicted octanol–water partition coefficient (Wildman–Crippen LogP) is 15.6. The van der Waals surface area contributed by atoms with Gasteiger partial charge in [0.15, 0.2) is 44.2 Å². The summed E-state index contributed by atoms with van der Waals surface area (Å²) in [4.78, 5) is 140. The quantitative estimate of drug-likeness (QED) is 0.0108. The lowest BCUT2D eigenvalue weighted by molar-refractivity contribution is -0.140. The van der Waals surface area contributed by atoms with Gasteiger partial charge < -0.3 is 65.8 Å². The van der Waals surface area contributed by atoms with Crippen LogP contribution in [0.3, 0.4) is 0 Å². The molecule has 780 valence electrons. The van der Waals surface area contributed by atoms with E-state index in [1.165, 1.54) is 126 Å². The van der Waals surface area contributed by atoms with E-state index in [9.17, 15) is 101 Å². The van der Waals surface area contributed by atoms with E-state index in [-0.39, 0.29) is 123 Å². The number of aliphatic carboxylic acids is 3. The van der Waals surface area contributed by atoms with Crippen molar-refractivity contribution in [3.63, 3.8) is 0 Å². The normalized spacial score (nSPS) is 21.6. The molecular formula is C94H94Br4F12N18O15S3. The number of amides is 1. The van der Waals surface area contributed by atoms with Gasteiger partial charge in [-0.25, -0.2) is 91.8 Å². The lowest BCUT2D eigenvalue weighted by Crippen LogP contribution is -2.42. The van der Waals surface area contributed by atoms with E-state index in [4.69, 9.17) is 44.8 Å². The molecule has 8 aliphatic rings. The number of rotatable bonds is 33. The van der Waals surface area contributed by atoms with Crippen molar-refractivity contribution in [2.24, 2.45) is 32.8 Å². The summed E-state index contributed by atoms with van der Waals surface area (Å²) in [5.41, 5.74) is 8.52. The standard InChI is InChI=1S/C24H25BrF3N5O4.C24H24BrF3N4O4S.C23H23BrF3N5O3S.C23H22BrF3N4O4S/c1-3-37-23(36)19-17(11-33-12-24(27,28)10-14(33)9-18(34)35)30-21(22-29-6-7-32(22)2)31-20(19)15-5-4-13(26)8-16(15)25;1-2-36-23(35)19-17(11-32-12-24(27,28)10-14(32)4-6-18(33)34)30-21(22-29-7-8-37-22)31-20(19)15-5-3-13(26)9-16(15)25;1-2-35-22(34)18-16(10-32-11-23(26,27)9-13(32)8-17(28)33)30-20(21-29-5-6-36-21)31-19(18)14-4-3-12(25)7-15(14)24;1-2-35-22(34)18-16(10-31-11-23(26,27)9-13(31)8-17(32)33)29-20(21-28-5-6-36-21)30-19(18)14-4-3-12(25)7-15(14)24/h4-8,14,20H,3,9-12H2,1-2H3,(H,30,31)(H,34,35);3,5,7-9,14,20H,2,4,6,10-12H2,1H3,(H,30,31)(H,33,34);3-7,13,19H,2,8-11H2,1H3,(H2,28,33)(H,30,31);3-7,13,19H,2,8-11H2,1H3,(H,29,30)(H,32,33). The lowest BCUT2D eigenvalue weighted by atomic mass is 9.95. The van der Waals surface area contributed by atoms with E-state index in [0.29, 0.717) is 78.5 Å². The van der Waals surface area contributed by atoms with Gasteiger partial charge in [0.25, 0.3) is 23.7 Å². The highest BCUT2D eigenvalue weighted by atomic mass is 79.9. The van der Waals surface area contributed by atoms with E-state index >= 15 is 0 Å². The maximum atomic E-state index is 14.4. The molecule has 8 unspecified atom stereocenters. The fraction of sp³-hybridized carbons (Fsp3) is 0.404. The highest BCUT2D eigenvalue weighted by Crippen LogP contribution is 2.47. The number of aryl methyl sites for hydroxylation is 1. The summed E-state index contributed by atoms with van der Waals surface area (Å²) in [6.07, 6.45) is 4.31. The Hall–Kier alpha value is -11.5. The number of aromatic nitrogens is 5. The monoisotopic (exact) mass is 2350 g/mol. The summed E-state index contributed by atoms with van der Waals surface area (Å²) in [7, 11) is 1.74. The number of hydrogen-bond donors (Lipinski definition) is 8. The number of ether oxygens (including phenoxy) is 4. The number of carbonyl (C=O) groups is 8. The van der Waals surface area contributed by atoms with Gasteiger partial charge in [0.1, 0.15) is 47.4 Å². The second-order valence-electron chi connectivity index (χ2n) is 34.3. The molecule has 0 aliphatic carbocycles. The molecule has 4 fully saturated rings. The third-order valence-corrected chi connectivity index (χ3v) is 28.9. The number of esters is 4. The lowest BCUT2D eigenvalue weighted by Gasteiger charge is -2.31. The molecule has 4 aromatic carbocycles. The average Bonchev–Trinajstić information content (AvgIpc) is 1.48. The third kappa shape index (κ3) is 28.3. The summed E-state index contributed by atoms with van der Waals surface area (Å²) < 4.78 is 195. The van der Waals surface area contributed by atoms with E-state index in [1.807, 2.05) is 0 Å². The van der Waals surface area contributed by atoms with Gasteiger partial charge in [-0.15, -0.1) is 34.0 Å². The van der Waals surface area contributed by atoms with Gasteiger partial charge in [0.2, 0.25) is 5.91 Å². The van der Waals surface area contributed by atoms with Crippen molar-refractivity contribution in [3.05, 3.63) is 249 Å². The number of likely N-dealkylation sites (tertiary alicyclic amines) is 4. The molecule has 12 heterocycles. The number of halogens is 16. The second kappa shape index (κ2) is 48.6. The number of alkyl halides is 8. The van der Waals surface area contributed by atoms with Crippen molar-refractivity contribution in [1.29, 1.82) is 0 Å². The largest absolute Gasteiger partial charge is 0.481 e. The molecule has 0 saturated carbocycles. The predicted molar refractivity (Wildman–Crippen MR) is 525 cm³/mol. The number of benzene rings is 4. The first kappa shape index (κ1) is 112. The van der Waals surface area contributed by atoms with Crippen LogP contribution in [-0.2, 0) is 64.4 Å². The Bertz CT molecular complexity index is 6290. The Kier molecular flexibility index (Phi) is 37.2. The summed E-state index contributed by atoms with van der Waals surface area (Å²) in [5, 5.41) is 46.7. The molecule has 33 nitrogen and oxygen atoms in total. The zero-order valence-corrected chi connectivity index (χ0v) is 86.7. The van der Waals surface area contributed by atoms with Crippen molar-refractivity contribution in [2.75, 3.05) is 78.8 Å². The molecule has 0 bridgehead atoms. The number of amidine groups is 4. The second-order valence-corrected chi connectivity index (χ2v) is 40.4. The van der Waals surface area contributed by atoms with Crippen LogP contribution in [0.2, 0.25) is 0 Å². The molecular weight excluding hydrogens is 2260 g/mol. The summed E-state index contributed by atoms with van der Waals surface area (Å²) in [5.74, 6) is -19.5. The Morgan fingerprint density at radius 1 is 0.404 bits per heavy atom. The Balaban J connectivity index is 0.000000163. The minimum absolute atomic E-state index is 0.0350. The van der Waals surface area contributed by atoms with Gasteiger partial charge in [-0.2, -0.15) is 0 Å². The molecule has 0 spiro atoms. The highest BCUT2D eigenvalue weighted by molar-refractivity contribution is 9.11. The number of aliphatic imine (C=N–C) groups is 4. The zero-order chi connectivity index (χ0) is 106. The number of imidazole rings is 1. The van der Waals surface area contributed by atoms with E-state index in [1.54, 1.807) is 86.4 Å². The molecule has 9 N–H and O–H groups in total. The van der Waals surface area contributed by atoms with Gasteiger partial charge in [-0.3, -0.25) is 58.7 Å². The Morgan fingerprint density at radius 2 is 0.678 bits per heavy atom. The first-order valence-corrected chi connectivity index (χ1v) is 50.9. The molecule has 16 rings (SSSR count). The number of thiazole rings is 3. The van der Waals surface area contributed by atoms with Crippen LogP contribution in [-0.4, -0.2) is 257 Å². The van der Waals surface area contributed by atoms with Gasteiger partial charge in [-0.1, -0.05) is 88.0 Å². The summed E-state index contributed by atoms with van der Waals surface area (Å²) >= 11 is 17.2. The molecule has 8 atom stereocenters. The fourth-order valence-electron chi connectivity index (χ4n) is 17.8. The molecule has 4 saturated heterocycles. The third-order valence-electron chi connectivity index (χ3n) is 23.8. The fourth-order valence-corrected chi connectivity index (χ4v) is 21.8. The molecule has 52 heteroatoms. The number of carbonyl (C=O) groups excluding carboxylic acids is 5. The summed E-state index contributed by atoms with van der Waals surface area (Å²) in [6.45, 7) is 3.65. The summed E-state index contributed by atoms with van der Waals surface area (Å²) in [6, 6.07) is 8.63. The van der Waals surface area contributed by atoms with Gasteiger partial charge >= 0.3 is 41.8 Å². The van der Waals surface area contributed by atoms with E-state index in [0.717, 1.165) is 0 Å². The van der Waals surface area contributed by atoms with Crippen LogP contribution in [0.25, 0.3) is 0 Å². The smallest absolute Gasteiger partial charge is 0.338 e. The Labute approximate surface area is 871 Å². The molecule has 8 aliphatic heterocycles. The number of primary amides is 1. The van der Waals surface area contributed by atoms with Crippen molar-refractivity contribution >= 4 is 169 Å². The van der Waals surface area contributed by atoms with Crippen molar-refractivity contribution < 1.29 is 125 Å². The maximum absolute atomic E-state index is 14.4. The first-order valence-electron chi connectivity index (χ1n) is 45.1. The van der Waals surface area contributed by atoms with Gasteiger partial charge in [0.05, 0.1) is 87.7 Å². The van der Waals surface area contributed by atoms with Crippen molar-refractivity contribution in [3.8, 4) is 0 Å². The number of nitrogens with two attached hydrogens (primary N) is 1. The topological polar surface area (TPSA) is 427 Å². The van der Waals surface area contributed by atoms with Crippen molar-refractivity contribution in [2.45, 2.75) is 158 Å². The molecule has 146 heavy (non-hydrogen) atoms. The SMILES string of the molecule is CCOC(=O)C1=C(CN2CC(F)(F)CC2CC(=O)O)NC(c2nccn2C)=NC1c1ccc(F)cc1Br.CCOC(=O)C1=C(CN2CC(F)(F)CC2CC(=O)O)NC(c2nccs2)=NC1c1ccc(F)cc1Br.CCOC(=O)C1=C(CN2CC(F)(F)CC2CC(N)=O)NC(c2nccs2)=NC1c1ccc(F)cc1Br.CCOC(=O)C1=C(CN2CC(F)(F)CC2CCC(=O)O)NC(c2nccs2)=NC1c1ccc(F)cc1Br. The number of carboxylic acid groups (broad SMARTS) is 3. The van der Waals surface area contributed by atoms with Crippen LogP contribution < -0.4 is 27.0 Å². The van der Waals surface area contributed by atoms with Gasteiger partial charge in [0, 0.05) is 184 Å². The maximum Gasteiger partial charge on any atom is 0.338 e. The zero-order valence-electron chi connectivity index (χ0n) is 77.9. The molecule has 4 aromatic heterocycles. The Morgan fingerprint density at radius 3 is 0.925 bits per heavy atom. The number of nitrogens with one attached hydrogen (secondary N) is 4. The number of carboxylic acids is 3. The van der Waals surface area contributed by atoms with Crippen molar-refractivity contribution in [1.82, 2.24) is 65.4 Å². The van der Waals surface area contributed by atoms with E-state index in [2.05, 4.69) is 110 Å². The van der Waals surface area contributed by atoms with Crippen LogP contribution in [0.1, 0.15) is 153 Å². The van der Waals surface area contributed by atoms with Crippen LogP contribution in [0.4, 0.5) is 52.7 Å². The molecule has 0 radical (unpaired) electrons. The first-order chi connectivity index (χ1) is 69.2. The minimum atomic E-state index is -3.09. The number of nitrogens with zero attached hydrogens (tertiary/aromatic N) is 13. The van der Waals surface area contributed by atoms with E-state index < -0.39 is 208 Å². The van der Waals surface area contributed by atoms with Crippen LogP contribution in [0.15, 0.2) is 203 Å². The molecule has 8 aromatic rings. The highest BCUT2D eigenvalue weighted by Gasteiger charge is 2.52. The number of hydrogen-bond acceptors (Lipinski definition) is 31. The van der Waals surface area contributed by atoms with Gasteiger partial charge in [-0.05, 0) is 105 Å². The van der Waals surface area contributed by atoms with Crippen LogP contribution in [0.5, 0.6) is 0 Å². The minimum Gasteiger partial charge on any atom is -0.481 e. The average molecular weight is 2360 g/mol. The molecule has 1 amide bonds.